The van der Waals surface area contributed by atoms with E-state index in [1.54, 1.807) is 6.20 Å². The van der Waals surface area contributed by atoms with Gasteiger partial charge < -0.3 is 11.1 Å². The first-order valence-electron chi connectivity index (χ1n) is 6.27. The van der Waals surface area contributed by atoms with Crippen molar-refractivity contribution in [3.63, 3.8) is 0 Å². The number of hydrogen-bond donors (Lipinski definition) is 2. The van der Waals surface area contributed by atoms with Crippen molar-refractivity contribution in [1.29, 1.82) is 0 Å². The molecule has 1 aliphatic carbocycles. The summed E-state index contributed by atoms with van der Waals surface area (Å²) in [6.45, 7) is 2.00. The van der Waals surface area contributed by atoms with Crippen LogP contribution < -0.4 is 11.1 Å². The van der Waals surface area contributed by atoms with Crippen LogP contribution in [0.15, 0.2) is 42.6 Å². The van der Waals surface area contributed by atoms with E-state index in [1.165, 1.54) is 12.0 Å². The molecule has 1 heterocycles. The Balaban J connectivity index is 1.67. The fraction of sp³-hybridized carbons (Fsp3) is 0.267. The first-order chi connectivity index (χ1) is 8.74. The first-order valence-corrected chi connectivity index (χ1v) is 6.27. The smallest absolute Gasteiger partial charge is 0.126 e. The zero-order chi connectivity index (χ0) is 12.5. The topological polar surface area (TPSA) is 50.9 Å². The van der Waals surface area contributed by atoms with Crippen LogP contribution in [0.25, 0.3) is 0 Å². The minimum absolute atomic E-state index is 0.503. The number of nitrogens with zero attached hydrogens (tertiary/aromatic N) is 1. The SMILES string of the molecule is Cc1cc(NC2CC2c2ccccc2)ncc1N. The zero-order valence-corrected chi connectivity index (χ0v) is 10.4. The van der Waals surface area contributed by atoms with E-state index >= 15 is 0 Å². The Labute approximate surface area is 107 Å². The maximum Gasteiger partial charge on any atom is 0.126 e. The molecule has 0 saturated heterocycles. The van der Waals surface area contributed by atoms with Crippen molar-refractivity contribution in [2.75, 3.05) is 11.1 Å². The molecule has 1 saturated carbocycles. The number of benzene rings is 1. The van der Waals surface area contributed by atoms with Crippen LogP contribution >= 0.6 is 0 Å². The van der Waals surface area contributed by atoms with Crippen LogP contribution in [0.4, 0.5) is 11.5 Å². The molecule has 3 N–H and O–H groups in total. The fourth-order valence-electron chi connectivity index (χ4n) is 2.26. The number of anilines is 2. The van der Waals surface area contributed by atoms with Gasteiger partial charge in [0.15, 0.2) is 0 Å². The van der Waals surface area contributed by atoms with Crippen molar-refractivity contribution < 1.29 is 0 Å². The van der Waals surface area contributed by atoms with E-state index in [2.05, 4.69) is 40.6 Å². The van der Waals surface area contributed by atoms with Crippen molar-refractivity contribution in [3.05, 3.63) is 53.7 Å². The monoisotopic (exact) mass is 239 g/mol. The number of nitrogens with one attached hydrogen (secondary N) is 1. The molecule has 0 amide bonds. The molecule has 3 nitrogen and oxygen atoms in total. The van der Waals surface area contributed by atoms with Crippen molar-refractivity contribution in [2.45, 2.75) is 25.3 Å². The highest BCUT2D eigenvalue weighted by molar-refractivity contribution is 5.52. The average Bonchev–Trinajstić information content (AvgIpc) is 3.14. The molecule has 2 aromatic rings. The lowest BCUT2D eigenvalue weighted by atomic mass is 10.1. The molecule has 1 aliphatic rings. The Morgan fingerprint density at radius 1 is 1.28 bits per heavy atom. The Morgan fingerprint density at radius 3 is 2.78 bits per heavy atom. The molecule has 0 spiro atoms. The summed E-state index contributed by atoms with van der Waals surface area (Å²) in [5.41, 5.74) is 8.99. The van der Waals surface area contributed by atoms with Gasteiger partial charge in [0.1, 0.15) is 5.82 Å². The molecular formula is C15H17N3. The molecule has 2 atom stereocenters. The summed E-state index contributed by atoms with van der Waals surface area (Å²) in [4.78, 5) is 4.31. The number of aromatic nitrogens is 1. The summed E-state index contributed by atoms with van der Waals surface area (Å²) < 4.78 is 0. The quantitative estimate of drug-likeness (QED) is 0.865. The van der Waals surface area contributed by atoms with Crippen LogP contribution in [0.2, 0.25) is 0 Å². The second-order valence-electron chi connectivity index (χ2n) is 4.93. The lowest BCUT2D eigenvalue weighted by Crippen LogP contribution is -2.06. The molecule has 1 aromatic heterocycles. The van der Waals surface area contributed by atoms with Gasteiger partial charge in [-0.15, -0.1) is 0 Å². The highest BCUT2D eigenvalue weighted by atomic mass is 15.0. The van der Waals surface area contributed by atoms with Gasteiger partial charge in [0.05, 0.1) is 11.9 Å². The van der Waals surface area contributed by atoms with Gasteiger partial charge in [-0.2, -0.15) is 0 Å². The van der Waals surface area contributed by atoms with Crippen LogP contribution in [-0.2, 0) is 0 Å². The number of aryl methyl sites for hydroxylation is 1. The van der Waals surface area contributed by atoms with Crippen LogP contribution in [-0.4, -0.2) is 11.0 Å². The molecule has 1 aromatic carbocycles. The summed E-state index contributed by atoms with van der Waals surface area (Å²) >= 11 is 0. The van der Waals surface area contributed by atoms with Gasteiger partial charge in [0.2, 0.25) is 0 Å². The number of hydrogen-bond acceptors (Lipinski definition) is 3. The van der Waals surface area contributed by atoms with E-state index < -0.39 is 0 Å². The third kappa shape index (κ3) is 2.16. The molecular weight excluding hydrogens is 222 g/mol. The average molecular weight is 239 g/mol. The van der Waals surface area contributed by atoms with Crippen LogP contribution in [0, 0.1) is 6.92 Å². The first kappa shape index (κ1) is 11.1. The third-order valence-corrected chi connectivity index (χ3v) is 3.50. The summed E-state index contributed by atoms with van der Waals surface area (Å²) in [5.74, 6) is 1.54. The predicted octanol–water partition coefficient (Wildman–Crippen LogP) is 2.94. The van der Waals surface area contributed by atoms with Gasteiger partial charge in [0.25, 0.3) is 0 Å². The second kappa shape index (κ2) is 4.33. The van der Waals surface area contributed by atoms with Gasteiger partial charge in [-0.05, 0) is 30.5 Å². The number of rotatable bonds is 3. The van der Waals surface area contributed by atoms with Gasteiger partial charge in [0, 0.05) is 12.0 Å². The van der Waals surface area contributed by atoms with Crippen LogP contribution in [0.1, 0.15) is 23.5 Å². The third-order valence-electron chi connectivity index (χ3n) is 3.50. The number of nitrogen functional groups attached to an aromatic ring is 1. The van der Waals surface area contributed by atoms with Crippen molar-refractivity contribution in [3.8, 4) is 0 Å². The normalized spacial score (nSPS) is 21.6. The Kier molecular flexibility index (Phi) is 2.67. The van der Waals surface area contributed by atoms with Crippen molar-refractivity contribution in [2.24, 2.45) is 0 Å². The molecule has 0 radical (unpaired) electrons. The van der Waals surface area contributed by atoms with E-state index in [0.29, 0.717) is 12.0 Å². The van der Waals surface area contributed by atoms with E-state index in [-0.39, 0.29) is 0 Å². The van der Waals surface area contributed by atoms with Crippen molar-refractivity contribution >= 4 is 11.5 Å². The van der Waals surface area contributed by atoms with Gasteiger partial charge in [-0.1, -0.05) is 30.3 Å². The molecule has 92 valence electrons. The second-order valence-corrected chi connectivity index (χ2v) is 4.93. The highest BCUT2D eigenvalue weighted by Crippen LogP contribution is 2.42. The van der Waals surface area contributed by atoms with Crippen LogP contribution in [0.3, 0.4) is 0 Å². The minimum atomic E-state index is 0.503. The zero-order valence-electron chi connectivity index (χ0n) is 10.4. The van der Waals surface area contributed by atoms with Gasteiger partial charge in [-0.3, -0.25) is 0 Å². The van der Waals surface area contributed by atoms with Crippen molar-refractivity contribution in [1.82, 2.24) is 4.98 Å². The van der Waals surface area contributed by atoms with Gasteiger partial charge in [-0.25, -0.2) is 4.98 Å². The van der Waals surface area contributed by atoms with Gasteiger partial charge >= 0.3 is 0 Å². The molecule has 2 unspecified atom stereocenters. The summed E-state index contributed by atoms with van der Waals surface area (Å²) in [7, 11) is 0. The lowest BCUT2D eigenvalue weighted by molar-refractivity contribution is 1.03. The molecule has 3 rings (SSSR count). The van der Waals surface area contributed by atoms with Crippen LogP contribution in [0.5, 0.6) is 0 Å². The fourth-order valence-corrected chi connectivity index (χ4v) is 2.26. The number of pyridine rings is 1. The minimum Gasteiger partial charge on any atom is -0.397 e. The standard InChI is InChI=1S/C15H17N3/c1-10-7-15(17-9-13(10)16)18-14-8-12(14)11-5-3-2-4-6-11/h2-7,9,12,14H,8,16H2,1H3,(H,17,18). The van der Waals surface area contributed by atoms with E-state index in [9.17, 15) is 0 Å². The molecule has 0 aliphatic heterocycles. The molecule has 3 heteroatoms. The Bertz CT molecular complexity index is 551. The van der Waals surface area contributed by atoms with E-state index in [0.717, 1.165) is 17.1 Å². The maximum atomic E-state index is 5.76. The highest BCUT2D eigenvalue weighted by Gasteiger charge is 2.38. The summed E-state index contributed by atoms with van der Waals surface area (Å²) in [5, 5.41) is 3.47. The summed E-state index contributed by atoms with van der Waals surface area (Å²) in [6.07, 6.45) is 2.90. The Hall–Kier alpha value is -2.03. The number of nitrogens with two attached hydrogens (primary N) is 1. The predicted molar refractivity (Wildman–Crippen MR) is 74.6 cm³/mol. The molecule has 1 fully saturated rings. The van der Waals surface area contributed by atoms with E-state index in [1.807, 2.05) is 13.0 Å². The Morgan fingerprint density at radius 2 is 2.06 bits per heavy atom. The lowest BCUT2D eigenvalue weighted by Gasteiger charge is -2.07. The molecule has 18 heavy (non-hydrogen) atoms. The maximum absolute atomic E-state index is 5.76. The largest absolute Gasteiger partial charge is 0.397 e. The van der Waals surface area contributed by atoms with E-state index in [4.69, 9.17) is 5.73 Å². The molecule has 0 bridgehead atoms. The summed E-state index contributed by atoms with van der Waals surface area (Å²) in [6, 6.07) is 13.1.